The van der Waals surface area contributed by atoms with Crippen LogP contribution in [-0.4, -0.2) is 43.3 Å². The molecular formula is C24H30N6OS2. The number of hydrogen-bond acceptors (Lipinski definition) is 6. The lowest BCUT2D eigenvalue weighted by Crippen LogP contribution is -2.24. The molecule has 3 heterocycles. The molecule has 1 amide bonds. The van der Waals surface area contributed by atoms with Crippen LogP contribution in [0.2, 0.25) is 0 Å². The van der Waals surface area contributed by atoms with Gasteiger partial charge in [0.1, 0.15) is 10.7 Å². The Morgan fingerprint density at radius 3 is 2.73 bits per heavy atom. The fourth-order valence-electron chi connectivity index (χ4n) is 3.83. The zero-order chi connectivity index (χ0) is 23.4. The number of carbonyl (C=O) groups excluding carboxylic acids is 1. The van der Waals surface area contributed by atoms with E-state index in [9.17, 15) is 4.79 Å². The molecule has 174 valence electrons. The van der Waals surface area contributed by atoms with E-state index in [1.54, 1.807) is 11.8 Å². The van der Waals surface area contributed by atoms with Crippen molar-refractivity contribution in [3.8, 4) is 0 Å². The number of rotatable bonds is 10. The first-order chi connectivity index (χ1) is 16.0. The Hall–Kier alpha value is -2.65. The van der Waals surface area contributed by atoms with E-state index in [2.05, 4.69) is 51.2 Å². The molecule has 0 aliphatic heterocycles. The van der Waals surface area contributed by atoms with E-state index in [0.717, 1.165) is 51.2 Å². The number of nitrogens with zero attached hydrogens (tertiary/aromatic N) is 5. The van der Waals surface area contributed by atoms with Crippen molar-refractivity contribution in [2.75, 3.05) is 12.8 Å². The van der Waals surface area contributed by atoms with Crippen molar-refractivity contribution in [1.29, 1.82) is 0 Å². The predicted molar refractivity (Wildman–Crippen MR) is 135 cm³/mol. The molecule has 0 bridgehead atoms. The summed E-state index contributed by atoms with van der Waals surface area (Å²) in [7, 11) is 0. The van der Waals surface area contributed by atoms with Crippen LogP contribution in [0, 0.1) is 12.8 Å². The minimum atomic E-state index is -0.0321. The number of hydrogen-bond donors (Lipinski definition) is 1. The third-order valence-corrected chi connectivity index (χ3v) is 7.21. The molecule has 4 rings (SSSR count). The monoisotopic (exact) mass is 482 g/mol. The number of thioether (sulfide) groups is 1. The van der Waals surface area contributed by atoms with Crippen molar-refractivity contribution in [2.24, 2.45) is 5.92 Å². The first-order valence-corrected chi connectivity index (χ1v) is 13.3. The molecule has 3 aromatic heterocycles. The highest BCUT2D eigenvalue weighted by molar-refractivity contribution is 7.98. The van der Waals surface area contributed by atoms with E-state index < -0.39 is 0 Å². The highest BCUT2D eigenvalue weighted by Gasteiger charge is 2.17. The maximum atomic E-state index is 12.8. The van der Waals surface area contributed by atoms with Gasteiger partial charge in [0.2, 0.25) is 0 Å². The van der Waals surface area contributed by atoms with Gasteiger partial charge in [-0.1, -0.05) is 55.9 Å². The minimum absolute atomic E-state index is 0.0321. The van der Waals surface area contributed by atoms with Gasteiger partial charge < -0.3 is 9.88 Å². The molecule has 0 radical (unpaired) electrons. The Balaban J connectivity index is 1.37. The lowest BCUT2D eigenvalue weighted by atomic mass is 10.2. The van der Waals surface area contributed by atoms with Gasteiger partial charge in [-0.3, -0.25) is 9.48 Å². The van der Waals surface area contributed by atoms with Crippen LogP contribution in [-0.2, 0) is 19.5 Å². The van der Waals surface area contributed by atoms with Gasteiger partial charge in [-0.2, -0.15) is 5.10 Å². The van der Waals surface area contributed by atoms with Gasteiger partial charge in [0.15, 0.2) is 5.16 Å². The van der Waals surface area contributed by atoms with Crippen molar-refractivity contribution in [1.82, 2.24) is 29.9 Å². The van der Waals surface area contributed by atoms with Crippen molar-refractivity contribution in [3.63, 3.8) is 0 Å². The molecule has 1 aromatic carbocycles. The minimum Gasteiger partial charge on any atom is -0.351 e. The van der Waals surface area contributed by atoms with E-state index in [-0.39, 0.29) is 5.91 Å². The van der Waals surface area contributed by atoms with E-state index >= 15 is 0 Å². The van der Waals surface area contributed by atoms with Crippen molar-refractivity contribution in [2.45, 2.75) is 51.9 Å². The summed E-state index contributed by atoms with van der Waals surface area (Å²) < 4.78 is 4.19. The van der Waals surface area contributed by atoms with Gasteiger partial charge in [-0.15, -0.1) is 21.5 Å². The second-order valence-electron chi connectivity index (χ2n) is 8.52. The van der Waals surface area contributed by atoms with E-state index in [1.807, 2.05) is 42.1 Å². The number of thiophene rings is 1. The normalized spacial score (nSPS) is 11.5. The number of aromatic nitrogens is 5. The molecule has 4 aromatic rings. The summed E-state index contributed by atoms with van der Waals surface area (Å²) in [5.41, 5.74) is 2.14. The summed E-state index contributed by atoms with van der Waals surface area (Å²) in [6.07, 6.45) is 3.64. The summed E-state index contributed by atoms with van der Waals surface area (Å²) in [5.74, 6) is 1.48. The van der Waals surface area contributed by atoms with Gasteiger partial charge in [0.25, 0.3) is 5.91 Å². The number of carbonyl (C=O) groups is 1. The Kier molecular flexibility index (Phi) is 7.49. The fraction of sp³-hybridized carbons (Fsp3) is 0.417. The Labute approximate surface area is 202 Å². The van der Waals surface area contributed by atoms with E-state index in [4.69, 9.17) is 0 Å². The van der Waals surface area contributed by atoms with Gasteiger partial charge in [-0.05, 0) is 37.1 Å². The van der Waals surface area contributed by atoms with E-state index in [0.29, 0.717) is 19.0 Å². The average molecular weight is 483 g/mol. The van der Waals surface area contributed by atoms with Gasteiger partial charge in [0, 0.05) is 24.9 Å². The Bertz CT molecular complexity index is 1220. The molecule has 0 fully saturated rings. The second kappa shape index (κ2) is 10.5. The van der Waals surface area contributed by atoms with Crippen LogP contribution < -0.4 is 5.32 Å². The van der Waals surface area contributed by atoms with Gasteiger partial charge >= 0.3 is 0 Å². The van der Waals surface area contributed by atoms with Crippen LogP contribution in [0.3, 0.4) is 0 Å². The second-order valence-corrected chi connectivity index (χ2v) is 10.3. The number of benzene rings is 1. The third-order valence-electron chi connectivity index (χ3n) is 5.39. The maximum Gasteiger partial charge on any atom is 0.261 e. The summed E-state index contributed by atoms with van der Waals surface area (Å²) in [6, 6.07) is 12.2. The molecule has 9 heteroatoms. The summed E-state index contributed by atoms with van der Waals surface area (Å²) in [4.78, 5) is 14.6. The number of nitrogens with one attached hydrogen (secondary N) is 1. The van der Waals surface area contributed by atoms with Crippen LogP contribution in [0.25, 0.3) is 10.2 Å². The standard InChI is InChI=1S/C24H30N6OS2/c1-16(2)14-29-21(26-27-24(29)32-4)11-8-12-25-22(31)20-13-19-17(3)28-30(23(19)33-20)15-18-9-6-5-7-10-18/h5-7,9-10,13,16H,8,11-12,14-15H2,1-4H3,(H,25,31). The van der Waals surface area contributed by atoms with Crippen LogP contribution >= 0.6 is 23.1 Å². The van der Waals surface area contributed by atoms with Gasteiger partial charge in [0.05, 0.1) is 17.1 Å². The lowest BCUT2D eigenvalue weighted by Gasteiger charge is -2.11. The highest BCUT2D eigenvalue weighted by Crippen LogP contribution is 2.29. The quantitative estimate of drug-likeness (QED) is 0.260. The predicted octanol–water partition coefficient (Wildman–Crippen LogP) is 4.79. The molecule has 33 heavy (non-hydrogen) atoms. The number of fused-ring (bicyclic) bond motifs is 1. The SMILES string of the molecule is CSc1nnc(CCCNC(=O)c2cc3c(C)nn(Cc4ccccc4)c3s2)n1CC(C)C. The summed E-state index contributed by atoms with van der Waals surface area (Å²) in [6.45, 7) is 8.59. The lowest BCUT2D eigenvalue weighted by molar-refractivity contribution is 0.0957. The summed E-state index contributed by atoms with van der Waals surface area (Å²) in [5, 5.41) is 18.4. The molecule has 1 N–H and O–H groups in total. The van der Waals surface area contributed by atoms with Crippen LogP contribution in [0.4, 0.5) is 0 Å². The van der Waals surface area contributed by atoms with Crippen LogP contribution in [0.5, 0.6) is 0 Å². The van der Waals surface area contributed by atoms with Gasteiger partial charge in [-0.25, -0.2) is 0 Å². The van der Waals surface area contributed by atoms with Crippen molar-refractivity contribution < 1.29 is 4.79 Å². The molecule has 0 aliphatic carbocycles. The molecule has 0 saturated carbocycles. The first-order valence-electron chi connectivity index (χ1n) is 11.2. The highest BCUT2D eigenvalue weighted by atomic mass is 32.2. The van der Waals surface area contributed by atoms with E-state index in [1.165, 1.54) is 16.9 Å². The molecule has 0 saturated heterocycles. The topological polar surface area (TPSA) is 77.6 Å². The zero-order valence-corrected chi connectivity index (χ0v) is 21.2. The fourth-order valence-corrected chi connectivity index (χ4v) is 5.43. The Morgan fingerprint density at radius 2 is 2.00 bits per heavy atom. The molecule has 0 unspecified atom stereocenters. The molecule has 0 atom stereocenters. The van der Waals surface area contributed by atoms with Crippen molar-refractivity contribution >= 4 is 39.2 Å². The molecule has 0 aliphatic rings. The molecular weight excluding hydrogens is 452 g/mol. The maximum absolute atomic E-state index is 12.8. The zero-order valence-electron chi connectivity index (χ0n) is 19.5. The van der Waals surface area contributed by atoms with Crippen molar-refractivity contribution in [3.05, 3.63) is 58.4 Å². The first kappa shape index (κ1) is 23.5. The number of aryl methyl sites for hydroxylation is 2. The smallest absolute Gasteiger partial charge is 0.261 e. The van der Waals surface area contributed by atoms with Crippen LogP contribution in [0.1, 0.15) is 47.0 Å². The van der Waals surface area contributed by atoms with Crippen LogP contribution in [0.15, 0.2) is 41.6 Å². The number of amides is 1. The largest absolute Gasteiger partial charge is 0.351 e. The molecule has 7 nitrogen and oxygen atoms in total. The Morgan fingerprint density at radius 1 is 1.21 bits per heavy atom. The average Bonchev–Trinajstić information content (AvgIpc) is 3.47. The summed E-state index contributed by atoms with van der Waals surface area (Å²) >= 11 is 3.12. The third kappa shape index (κ3) is 5.47. The molecule has 0 spiro atoms.